The Kier molecular flexibility index (Phi) is 6.43. The molecule has 0 unspecified atom stereocenters. The largest absolute Gasteiger partial charge is 0.366 e. The Morgan fingerprint density at radius 2 is 1.72 bits per heavy atom. The van der Waals surface area contributed by atoms with Gasteiger partial charge in [-0.3, -0.25) is 14.9 Å². The van der Waals surface area contributed by atoms with Crippen molar-refractivity contribution in [1.82, 2.24) is 4.98 Å². The van der Waals surface area contributed by atoms with Crippen molar-refractivity contribution in [3.05, 3.63) is 70.2 Å². The van der Waals surface area contributed by atoms with Gasteiger partial charge in [0.25, 0.3) is 5.91 Å². The number of primary amides is 1. The quantitative estimate of drug-likeness (QED) is 0.476. The molecule has 0 spiro atoms. The highest BCUT2D eigenvalue weighted by atomic mass is 35.5. The molecule has 5 N–H and O–H groups in total. The van der Waals surface area contributed by atoms with Crippen molar-refractivity contribution in [2.75, 3.05) is 16.0 Å². The van der Waals surface area contributed by atoms with Crippen LogP contribution in [0.4, 0.5) is 21.3 Å². The first-order chi connectivity index (χ1) is 13.9. The number of thiazole rings is 1. The van der Waals surface area contributed by atoms with Gasteiger partial charge in [-0.25, -0.2) is 9.78 Å². The summed E-state index contributed by atoms with van der Waals surface area (Å²) in [5.41, 5.74) is 6.92. The summed E-state index contributed by atoms with van der Waals surface area (Å²) in [6, 6.07) is 12.7. The van der Waals surface area contributed by atoms with Crippen LogP contribution in [0.5, 0.6) is 0 Å². The molecule has 3 rings (SSSR count). The molecular formula is C19H16ClN5O3S. The molecule has 3 aromatic rings. The van der Waals surface area contributed by atoms with E-state index in [-0.39, 0.29) is 17.9 Å². The number of benzene rings is 2. The predicted molar refractivity (Wildman–Crippen MR) is 114 cm³/mol. The summed E-state index contributed by atoms with van der Waals surface area (Å²) in [4.78, 5) is 39.9. The number of para-hydroxylation sites is 1. The van der Waals surface area contributed by atoms with E-state index in [0.717, 1.165) is 0 Å². The number of hydrogen-bond acceptors (Lipinski definition) is 5. The lowest BCUT2D eigenvalue weighted by molar-refractivity contribution is -0.115. The fourth-order valence-corrected chi connectivity index (χ4v) is 3.24. The van der Waals surface area contributed by atoms with Crippen LogP contribution in [-0.4, -0.2) is 22.8 Å². The molecule has 4 amide bonds. The zero-order valence-electron chi connectivity index (χ0n) is 14.9. The van der Waals surface area contributed by atoms with Crippen molar-refractivity contribution in [2.24, 2.45) is 5.73 Å². The summed E-state index contributed by atoms with van der Waals surface area (Å²) in [6.07, 6.45) is -0.0237. The lowest BCUT2D eigenvalue weighted by Crippen LogP contribution is -2.20. The minimum Gasteiger partial charge on any atom is -0.366 e. The third-order valence-corrected chi connectivity index (χ3v) is 4.74. The molecule has 0 fully saturated rings. The van der Waals surface area contributed by atoms with Crippen LogP contribution in [0.2, 0.25) is 5.02 Å². The van der Waals surface area contributed by atoms with Crippen LogP contribution in [0.15, 0.2) is 53.9 Å². The molecule has 0 saturated heterocycles. The van der Waals surface area contributed by atoms with Crippen LogP contribution < -0.4 is 21.7 Å². The molecule has 0 aliphatic rings. The Morgan fingerprint density at radius 1 is 1.00 bits per heavy atom. The van der Waals surface area contributed by atoms with E-state index in [1.165, 1.54) is 17.4 Å². The average Bonchev–Trinajstić information content (AvgIpc) is 3.10. The highest BCUT2D eigenvalue weighted by Gasteiger charge is 2.13. The molecule has 1 heterocycles. The van der Waals surface area contributed by atoms with Crippen molar-refractivity contribution in [1.29, 1.82) is 0 Å². The van der Waals surface area contributed by atoms with E-state index in [1.54, 1.807) is 47.8 Å². The van der Waals surface area contributed by atoms with Gasteiger partial charge in [0.15, 0.2) is 5.13 Å². The Hall–Kier alpha value is -3.43. The normalized spacial score (nSPS) is 10.2. The van der Waals surface area contributed by atoms with Gasteiger partial charge in [-0.1, -0.05) is 23.7 Å². The molecule has 10 heteroatoms. The molecule has 29 heavy (non-hydrogen) atoms. The number of anilines is 3. The monoisotopic (exact) mass is 429 g/mol. The molecule has 0 saturated carbocycles. The van der Waals surface area contributed by atoms with Crippen molar-refractivity contribution in [3.63, 3.8) is 0 Å². The molecule has 148 valence electrons. The maximum Gasteiger partial charge on any atom is 0.325 e. The third-order valence-electron chi connectivity index (χ3n) is 3.68. The van der Waals surface area contributed by atoms with Gasteiger partial charge in [0, 0.05) is 16.1 Å². The van der Waals surface area contributed by atoms with E-state index in [9.17, 15) is 14.4 Å². The zero-order valence-corrected chi connectivity index (χ0v) is 16.5. The number of amides is 4. The second kappa shape index (κ2) is 9.18. The second-order valence-electron chi connectivity index (χ2n) is 5.86. The van der Waals surface area contributed by atoms with Gasteiger partial charge < -0.3 is 16.4 Å². The van der Waals surface area contributed by atoms with E-state index in [2.05, 4.69) is 20.9 Å². The first-order valence-electron chi connectivity index (χ1n) is 8.37. The number of hydrogen-bond donors (Lipinski definition) is 4. The summed E-state index contributed by atoms with van der Waals surface area (Å²) in [7, 11) is 0. The second-order valence-corrected chi connectivity index (χ2v) is 7.16. The topological polar surface area (TPSA) is 126 Å². The first kappa shape index (κ1) is 20.3. The summed E-state index contributed by atoms with van der Waals surface area (Å²) < 4.78 is 0. The summed E-state index contributed by atoms with van der Waals surface area (Å²) in [6.45, 7) is 0. The molecule has 0 radical (unpaired) electrons. The van der Waals surface area contributed by atoms with Crippen LogP contribution >= 0.6 is 22.9 Å². The lowest BCUT2D eigenvalue weighted by atomic mass is 10.1. The SMILES string of the molecule is NC(=O)c1ccccc1NC(=O)Cc1csc(NC(=O)Nc2ccc(Cl)cc2)n1. The minimum absolute atomic E-state index is 0.0237. The van der Waals surface area contributed by atoms with E-state index < -0.39 is 11.9 Å². The van der Waals surface area contributed by atoms with E-state index in [0.29, 0.717) is 27.2 Å². The van der Waals surface area contributed by atoms with Gasteiger partial charge in [-0.2, -0.15) is 0 Å². The number of carbonyl (C=O) groups excluding carboxylic acids is 3. The van der Waals surface area contributed by atoms with E-state index >= 15 is 0 Å². The van der Waals surface area contributed by atoms with Gasteiger partial charge in [0.05, 0.1) is 23.4 Å². The van der Waals surface area contributed by atoms with Crippen molar-refractivity contribution < 1.29 is 14.4 Å². The first-order valence-corrected chi connectivity index (χ1v) is 9.63. The fraction of sp³-hybridized carbons (Fsp3) is 0.0526. The maximum absolute atomic E-state index is 12.2. The van der Waals surface area contributed by atoms with Crippen LogP contribution in [0.3, 0.4) is 0 Å². The van der Waals surface area contributed by atoms with Crippen LogP contribution in [0.25, 0.3) is 0 Å². The van der Waals surface area contributed by atoms with Gasteiger partial charge in [-0.05, 0) is 36.4 Å². The Morgan fingerprint density at radius 3 is 2.45 bits per heavy atom. The minimum atomic E-state index is -0.632. The number of nitrogens with two attached hydrogens (primary N) is 1. The van der Waals surface area contributed by atoms with E-state index in [1.807, 2.05) is 0 Å². The molecule has 8 nitrogen and oxygen atoms in total. The van der Waals surface area contributed by atoms with Crippen LogP contribution in [0.1, 0.15) is 16.1 Å². The highest BCUT2D eigenvalue weighted by Crippen LogP contribution is 2.19. The molecule has 1 aromatic heterocycles. The molecular weight excluding hydrogens is 414 g/mol. The van der Waals surface area contributed by atoms with Gasteiger partial charge in [0.1, 0.15) is 0 Å². The summed E-state index contributed by atoms with van der Waals surface area (Å²) in [5.74, 6) is -0.992. The number of aromatic nitrogens is 1. The van der Waals surface area contributed by atoms with Gasteiger partial charge in [0.2, 0.25) is 5.91 Å². The number of nitrogens with one attached hydrogen (secondary N) is 3. The van der Waals surface area contributed by atoms with Gasteiger partial charge >= 0.3 is 6.03 Å². The number of urea groups is 1. The zero-order chi connectivity index (χ0) is 20.8. The smallest absolute Gasteiger partial charge is 0.325 e. The van der Waals surface area contributed by atoms with Crippen molar-refractivity contribution in [3.8, 4) is 0 Å². The average molecular weight is 430 g/mol. The van der Waals surface area contributed by atoms with Crippen LogP contribution in [-0.2, 0) is 11.2 Å². The molecule has 0 aliphatic carbocycles. The molecule has 0 bridgehead atoms. The number of halogens is 1. The Bertz CT molecular complexity index is 1050. The van der Waals surface area contributed by atoms with E-state index in [4.69, 9.17) is 17.3 Å². The number of rotatable bonds is 6. The lowest BCUT2D eigenvalue weighted by Gasteiger charge is -2.08. The Labute approximate surface area is 175 Å². The van der Waals surface area contributed by atoms with Gasteiger partial charge in [-0.15, -0.1) is 11.3 Å². The Balaban J connectivity index is 1.56. The number of carbonyl (C=O) groups is 3. The van der Waals surface area contributed by atoms with Crippen molar-refractivity contribution in [2.45, 2.75) is 6.42 Å². The standard InChI is InChI=1S/C19H16ClN5O3S/c20-11-5-7-12(8-6-11)22-18(28)25-19-23-13(10-29-19)9-16(26)24-15-4-2-1-3-14(15)17(21)27/h1-8,10H,9H2,(H2,21,27)(H,24,26)(H2,22,23,25,28). The molecule has 0 aliphatic heterocycles. The summed E-state index contributed by atoms with van der Waals surface area (Å²) >= 11 is 6.99. The fourth-order valence-electron chi connectivity index (χ4n) is 2.40. The number of nitrogens with zero attached hydrogens (tertiary/aromatic N) is 1. The van der Waals surface area contributed by atoms with Crippen LogP contribution in [0, 0.1) is 0 Å². The predicted octanol–water partition coefficient (Wildman–Crippen LogP) is 3.72. The van der Waals surface area contributed by atoms with Crippen molar-refractivity contribution >= 4 is 57.3 Å². The summed E-state index contributed by atoms with van der Waals surface area (Å²) in [5, 5.41) is 10.5. The highest BCUT2D eigenvalue weighted by molar-refractivity contribution is 7.14. The third kappa shape index (κ3) is 5.77. The maximum atomic E-state index is 12.2. The molecule has 2 aromatic carbocycles. The molecule has 0 atom stereocenters.